The van der Waals surface area contributed by atoms with E-state index in [1.165, 1.54) is 6.92 Å². The molecule has 5 N–H and O–H groups in total. The molecule has 0 atom stereocenters. The number of carbonyl (C=O) groups is 2. The smallest absolute Gasteiger partial charge is 0.272 e. The summed E-state index contributed by atoms with van der Waals surface area (Å²) >= 11 is 0. The van der Waals surface area contributed by atoms with Crippen molar-refractivity contribution in [2.75, 3.05) is 5.32 Å². The van der Waals surface area contributed by atoms with Crippen molar-refractivity contribution in [2.45, 2.75) is 40.2 Å². The summed E-state index contributed by atoms with van der Waals surface area (Å²) in [6, 6.07) is 7.22. The molecule has 0 spiro atoms. The number of aromatic nitrogens is 4. The summed E-state index contributed by atoms with van der Waals surface area (Å²) in [4.78, 5) is 32.1. The van der Waals surface area contributed by atoms with Gasteiger partial charge in [-0.1, -0.05) is 13.3 Å². The third-order valence-corrected chi connectivity index (χ3v) is 4.50. The molecule has 8 heteroatoms. The average molecular weight is 380 g/mol. The number of carbonyl (C=O) groups excluding carboxylic acids is 2. The zero-order valence-electron chi connectivity index (χ0n) is 16.2. The number of hydrogen-bond acceptors (Lipinski definition) is 5. The van der Waals surface area contributed by atoms with Crippen LogP contribution in [0.25, 0.3) is 11.4 Å². The van der Waals surface area contributed by atoms with Gasteiger partial charge in [-0.15, -0.1) is 0 Å². The minimum absolute atomic E-state index is 0.0380. The molecule has 0 aliphatic heterocycles. The molecule has 28 heavy (non-hydrogen) atoms. The molecule has 0 saturated heterocycles. The van der Waals surface area contributed by atoms with Crippen molar-refractivity contribution in [1.82, 2.24) is 20.2 Å². The Kier molecular flexibility index (Phi) is 5.70. The lowest BCUT2D eigenvalue weighted by Crippen LogP contribution is -2.15. The van der Waals surface area contributed by atoms with E-state index in [-0.39, 0.29) is 11.7 Å². The van der Waals surface area contributed by atoms with Gasteiger partial charge in [0.25, 0.3) is 5.91 Å². The fourth-order valence-electron chi connectivity index (χ4n) is 3.26. The van der Waals surface area contributed by atoms with Gasteiger partial charge in [-0.2, -0.15) is 5.10 Å². The number of ketones is 1. The van der Waals surface area contributed by atoms with Crippen molar-refractivity contribution in [3.63, 3.8) is 0 Å². The highest BCUT2D eigenvalue weighted by molar-refractivity contribution is 6.07. The molecule has 1 aromatic carbocycles. The van der Waals surface area contributed by atoms with Gasteiger partial charge in [-0.05, 0) is 50.1 Å². The monoisotopic (exact) mass is 380 g/mol. The van der Waals surface area contributed by atoms with Crippen molar-refractivity contribution in [2.24, 2.45) is 5.73 Å². The second-order valence-electron chi connectivity index (χ2n) is 6.63. The lowest BCUT2D eigenvalue weighted by atomic mass is 10.0. The number of nitrogens with one attached hydrogen (secondary N) is 3. The van der Waals surface area contributed by atoms with Gasteiger partial charge in [-0.3, -0.25) is 14.7 Å². The van der Waals surface area contributed by atoms with Crippen molar-refractivity contribution in [3.8, 4) is 11.4 Å². The molecule has 0 aliphatic rings. The summed E-state index contributed by atoms with van der Waals surface area (Å²) in [6.07, 6.45) is 1.50. The van der Waals surface area contributed by atoms with Gasteiger partial charge in [-0.25, -0.2) is 4.98 Å². The minimum Gasteiger partial charge on any atom is -0.354 e. The zero-order chi connectivity index (χ0) is 20.3. The quantitative estimate of drug-likeness (QED) is 0.468. The van der Waals surface area contributed by atoms with Crippen LogP contribution in [0.2, 0.25) is 0 Å². The van der Waals surface area contributed by atoms with Crippen molar-refractivity contribution in [1.29, 1.82) is 0 Å². The largest absolute Gasteiger partial charge is 0.354 e. The molecule has 0 unspecified atom stereocenters. The van der Waals surface area contributed by atoms with Gasteiger partial charge in [0.2, 0.25) is 0 Å². The highest BCUT2D eigenvalue weighted by Gasteiger charge is 2.22. The van der Waals surface area contributed by atoms with Gasteiger partial charge >= 0.3 is 0 Å². The molecule has 2 aromatic heterocycles. The van der Waals surface area contributed by atoms with Crippen molar-refractivity contribution >= 4 is 17.4 Å². The number of aryl methyl sites for hydroxylation is 1. The third-order valence-electron chi connectivity index (χ3n) is 4.50. The maximum atomic E-state index is 12.8. The topological polar surface area (TPSA) is 130 Å². The fraction of sp³-hybridized carbons (Fsp3) is 0.300. The summed E-state index contributed by atoms with van der Waals surface area (Å²) < 4.78 is 0. The van der Waals surface area contributed by atoms with Gasteiger partial charge in [0, 0.05) is 22.5 Å². The molecular weight excluding hydrogens is 356 g/mol. The lowest BCUT2D eigenvalue weighted by Gasteiger charge is -2.07. The standard InChI is InChI=1S/C20H24N6O2/c1-4-5-15-17(12(3)27)11(2)22-18(15)20(28)23-14-8-6-13(7-9-14)19-24-16(10-21)25-26-19/h6-9,22H,4-5,10,21H2,1-3H3,(H,23,28)(H,24,25,26). The maximum absolute atomic E-state index is 12.8. The van der Waals surface area contributed by atoms with E-state index in [1.807, 2.05) is 26.0 Å². The van der Waals surface area contributed by atoms with Gasteiger partial charge in [0.05, 0.1) is 6.54 Å². The highest BCUT2D eigenvalue weighted by Crippen LogP contribution is 2.23. The highest BCUT2D eigenvalue weighted by atomic mass is 16.2. The number of hydrogen-bond donors (Lipinski definition) is 4. The van der Waals surface area contributed by atoms with E-state index in [1.54, 1.807) is 12.1 Å². The molecule has 0 bridgehead atoms. The Morgan fingerprint density at radius 3 is 2.50 bits per heavy atom. The molecule has 8 nitrogen and oxygen atoms in total. The lowest BCUT2D eigenvalue weighted by molar-refractivity contribution is 0.101. The number of amides is 1. The van der Waals surface area contributed by atoms with Crippen molar-refractivity contribution < 1.29 is 9.59 Å². The van der Waals surface area contributed by atoms with Crippen LogP contribution in [0.1, 0.15) is 58.2 Å². The van der Waals surface area contributed by atoms with E-state index >= 15 is 0 Å². The molecule has 0 radical (unpaired) electrons. The predicted molar refractivity (Wildman–Crippen MR) is 107 cm³/mol. The predicted octanol–water partition coefficient (Wildman–Crippen LogP) is 2.97. The summed E-state index contributed by atoms with van der Waals surface area (Å²) in [5.74, 6) is 0.855. The Bertz CT molecular complexity index is 1000. The molecule has 0 aliphatic carbocycles. The Morgan fingerprint density at radius 2 is 1.93 bits per heavy atom. The summed E-state index contributed by atoms with van der Waals surface area (Å²) in [5.41, 5.74) is 9.54. The van der Waals surface area contributed by atoms with Gasteiger partial charge < -0.3 is 16.0 Å². The normalized spacial score (nSPS) is 10.9. The molecule has 2 heterocycles. The fourth-order valence-corrected chi connectivity index (χ4v) is 3.26. The second kappa shape index (κ2) is 8.18. The van der Waals surface area contributed by atoms with Crippen molar-refractivity contribution in [3.05, 3.63) is 52.6 Å². The number of nitrogens with zero attached hydrogens (tertiary/aromatic N) is 2. The van der Waals surface area contributed by atoms with Crippen LogP contribution in [0.3, 0.4) is 0 Å². The zero-order valence-corrected chi connectivity index (χ0v) is 16.2. The Hall–Kier alpha value is -3.26. The number of benzene rings is 1. The first-order valence-corrected chi connectivity index (χ1v) is 9.20. The van der Waals surface area contributed by atoms with E-state index in [4.69, 9.17) is 5.73 Å². The second-order valence-corrected chi connectivity index (χ2v) is 6.63. The molecule has 0 fully saturated rings. The van der Waals surface area contributed by atoms with E-state index in [9.17, 15) is 9.59 Å². The maximum Gasteiger partial charge on any atom is 0.272 e. The van der Waals surface area contributed by atoms with Crippen LogP contribution in [0.15, 0.2) is 24.3 Å². The van der Waals surface area contributed by atoms with Crippen LogP contribution in [0, 0.1) is 6.92 Å². The number of Topliss-reactive ketones (excluding diaryl/α,β-unsaturated/α-hetero) is 1. The molecule has 3 rings (SSSR count). The molecule has 3 aromatic rings. The van der Waals surface area contributed by atoms with Gasteiger partial charge in [0.1, 0.15) is 11.5 Å². The first-order chi connectivity index (χ1) is 13.4. The first-order valence-electron chi connectivity index (χ1n) is 9.20. The van der Waals surface area contributed by atoms with Crippen LogP contribution in [-0.4, -0.2) is 31.9 Å². The van der Waals surface area contributed by atoms with Crippen LogP contribution >= 0.6 is 0 Å². The van der Waals surface area contributed by atoms with Crippen LogP contribution < -0.4 is 11.1 Å². The van der Waals surface area contributed by atoms with Crippen LogP contribution in [0.4, 0.5) is 5.69 Å². The van der Waals surface area contributed by atoms with Gasteiger partial charge in [0.15, 0.2) is 11.6 Å². The van der Waals surface area contributed by atoms with E-state index in [2.05, 4.69) is 25.5 Å². The Balaban J connectivity index is 1.81. The molecule has 1 amide bonds. The summed E-state index contributed by atoms with van der Waals surface area (Å²) in [7, 11) is 0. The molecule has 146 valence electrons. The molecular formula is C20H24N6O2. The SMILES string of the molecule is CCCc1c(C(=O)Nc2ccc(-c3n[nH]c(CN)n3)cc2)[nH]c(C)c1C(C)=O. The number of anilines is 1. The average Bonchev–Trinajstić information content (AvgIpc) is 3.27. The first kappa shape index (κ1) is 19.5. The number of nitrogens with two attached hydrogens (primary N) is 1. The number of H-pyrrole nitrogens is 2. The van der Waals surface area contributed by atoms with E-state index < -0.39 is 0 Å². The Labute approximate surface area is 163 Å². The summed E-state index contributed by atoms with van der Waals surface area (Å²) in [5, 5.41) is 9.77. The third kappa shape index (κ3) is 3.86. The Morgan fingerprint density at radius 1 is 1.21 bits per heavy atom. The van der Waals surface area contributed by atoms with Crippen LogP contribution in [0.5, 0.6) is 0 Å². The summed E-state index contributed by atoms with van der Waals surface area (Å²) in [6.45, 7) is 5.65. The van der Waals surface area contributed by atoms with E-state index in [0.717, 1.165) is 23.2 Å². The van der Waals surface area contributed by atoms with Crippen LogP contribution in [-0.2, 0) is 13.0 Å². The van der Waals surface area contributed by atoms with E-state index in [0.29, 0.717) is 41.6 Å². The number of rotatable bonds is 7. The number of aromatic amines is 2. The minimum atomic E-state index is -0.268. The molecule has 0 saturated carbocycles.